The number of amides is 1. The summed E-state index contributed by atoms with van der Waals surface area (Å²) in [6.45, 7) is 4.32. The second kappa shape index (κ2) is 7.07. The zero-order chi connectivity index (χ0) is 18.0. The Morgan fingerprint density at radius 1 is 1.24 bits per heavy atom. The molecule has 0 atom stereocenters. The van der Waals surface area contributed by atoms with E-state index in [4.69, 9.17) is 11.6 Å². The number of aromatic nitrogens is 2. The van der Waals surface area contributed by atoms with Crippen molar-refractivity contribution in [3.63, 3.8) is 0 Å². The summed E-state index contributed by atoms with van der Waals surface area (Å²) in [6.07, 6.45) is 4.93. The molecule has 2 aromatic heterocycles. The molecule has 6 heteroatoms. The van der Waals surface area contributed by atoms with E-state index in [0.717, 1.165) is 11.1 Å². The van der Waals surface area contributed by atoms with Gasteiger partial charge in [0.1, 0.15) is 5.56 Å². The second-order valence-electron chi connectivity index (χ2n) is 6.07. The molecule has 1 N–H and O–H groups in total. The summed E-state index contributed by atoms with van der Waals surface area (Å²) in [6, 6.07) is 8.87. The van der Waals surface area contributed by atoms with Crippen LogP contribution in [0.15, 0.2) is 53.7 Å². The number of nitrogens with zero attached hydrogens (tertiary/aromatic N) is 2. The molecule has 0 bridgehead atoms. The first kappa shape index (κ1) is 17.2. The van der Waals surface area contributed by atoms with Crippen molar-refractivity contribution < 1.29 is 4.79 Å². The fourth-order valence-corrected chi connectivity index (χ4v) is 2.87. The molecule has 0 fully saturated rings. The lowest BCUT2D eigenvalue weighted by Gasteiger charge is -2.17. The molecule has 128 valence electrons. The Bertz CT molecular complexity index is 981. The van der Waals surface area contributed by atoms with Crippen LogP contribution in [0, 0.1) is 0 Å². The fourth-order valence-electron chi connectivity index (χ4n) is 2.69. The number of carbonyl (C=O) groups is 1. The molecule has 3 rings (SSSR count). The molecule has 0 aliphatic rings. The van der Waals surface area contributed by atoms with Gasteiger partial charge in [0.2, 0.25) is 5.43 Å². The third-order valence-electron chi connectivity index (χ3n) is 4.00. The molecule has 0 unspecified atom stereocenters. The zero-order valence-corrected chi connectivity index (χ0v) is 14.7. The molecule has 3 aromatic rings. The predicted molar refractivity (Wildman–Crippen MR) is 99.0 cm³/mol. The monoisotopic (exact) mass is 355 g/mol. The minimum absolute atomic E-state index is 0.0935. The highest BCUT2D eigenvalue weighted by Crippen LogP contribution is 2.20. The number of benzene rings is 1. The van der Waals surface area contributed by atoms with E-state index in [1.807, 2.05) is 30.5 Å². The van der Waals surface area contributed by atoms with Gasteiger partial charge in [0.25, 0.3) is 5.91 Å². The van der Waals surface area contributed by atoms with Crippen molar-refractivity contribution in [2.24, 2.45) is 0 Å². The van der Waals surface area contributed by atoms with Crippen LogP contribution in [0.2, 0.25) is 5.02 Å². The van der Waals surface area contributed by atoms with Gasteiger partial charge in [-0.05, 0) is 49.7 Å². The Kier molecular flexibility index (Phi) is 4.86. The lowest BCUT2D eigenvalue weighted by atomic mass is 10.1. The van der Waals surface area contributed by atoms with Crippen molar-refractivity contribution in [1.29, 1.82) is 0 Å². The summed E-state index contributed by atoms with van der Waals surface area (Å²) < 4.78 is 1.91. The number of halogens is 1. The molecule has 2 heterocycles. The highest BCUT2D eigenvalue weighted by molar-refractivity contribution is 6.31. The van der Waals surface area contributed by atoms with Gasteiger partial charge in [-0.1, -0.05) is 11.6 Å². The Morgan fingerprint density at radius 2 is 1.96 bits per heavy atom. The third-order valence-corrected chi connectivity index (χ3v) is 4.23. The second-order valence-corrected chi connectivity index (χ2v) is 6.51. The molecule has 25 heavy (non-hydrogen) atoms. The molecule has 0 aliphatic carbocycles. The maximum atomic E-state index is 12.8. The van der Waals surface area contributed by atoms with E-state index in [2.05, 4.69) is 10.3 Å². The Labute approximate surface area is 150 Å². The van der Waals surface area contributed by atoms with Crippen molar-refractivity contribution in [2.45, 2.75) is 26.4 Å². The normalized spacial score (nSPS) is 11.0. The average Bonchev–Trinajstić information content (AvgIpc) is 2.61. The van der Waals surface area contributed by atoms with Crippen LogP contribution >= 0.6 is 11.6 Å². The van der Waals surface area contributed by atoms with Crippen LogP contribution in [0.3, 0.4) is 0 Å². The predicted octanol–water partition coefficient (Wildman–Crippen LogP) is 3.56. The van der Waals surface area contributed by atoms with Crippen LogP contribution in [-0.4, -0.2) is 15.5 Å². The van der Waals surface area contributed by atoms with Crippen molar-refractivity contribution in [2.75, 3.05) is 0 Å². The lowest BCUT2D eigenvalue weighted by Crippen LogP contribution is -2.29. The van der Waals surface area contributed by atoms with E-state index in [1.165, 1.54) is 0 Å². The summed E-state index contributed by atoms with van der Waals surface area (Å²) in [7, 11) is 0. The van der Waals surface area contributed by atoms with Crippen LogP contribution in [0.5, 0.6) is 0 Å². The number of rotatable bonds is 4. The molecular weight excluding hydrogens is 338 g/mol. The zero-order valence-electron chi connectivity index (χ0n) is 14.0. The van der Waals surface area contributed by atoms with Crippen molar-refractivity contribution >= 4 is 28.4 Å². The molecular formula is C19H18ClN3O2. The Hall–Kier alpha value is -2.66. The SMILES string of the molecule is CC(C)n1cc(C(=O)NCc2ccncc2)c(=O)c2cc(Cl)ccc21. The van der Waals surface area contributed by atoms with E-state index in [1.54, 1.807) is 36.8 Å². The fraction of sp³-hybridized carbons (Fsp3) is 0.211. The highest BCUT2D eigenvalue weighted by Gasteiger charge is 2.16. The van der Waals surface area contributed by atoms with Gasteiger partial charge in [-0.25, -0.2) is 0 Å². The summed E-state index contributed by atoms with van der Waals surface area (Å²) in [5, 5.41) is 3.70. The molecule has 0 saturated carbocycles. The Balaban J connectivity index is 2.02. The maximum absolute atomic E-state index is 12.8. The highest BCUT2D eigenvalue weighted by atomic mass is 35.5. The first-order valence-corrected chi connectivity index (χ1v) is 8.36. The van der Waals surface area contributed by atoms with Crippen LogP contribution in [-0.2, 0) is 6.54 Å². The molecule has 1 amide bonds. The quantitative estimate of drug-likeness (QED) is 0.778. The van der Waals surface area contributed by atoms with Gasteiger partial charge in [0.05, 0.1) is 5.52 Å². The average molecular weight is 356 g/mol. The number of carbonyl (C=O) groups excluding carboxylic acids is 1. The number of hydrogen-bond donors (Lipinski definition) is 1. The van der Waals surface area contributed by atoms with Crippen molar-refractivity contribution in [3.8, 4) is 0 Å². The van der Waals surface area contributed by atoms with Gasteiger partial charge in [-0.2, -0.15) is 0 Å². The number of hydrogen-bond acceptors (Lipinski definition) is 3. The lowest BCUT2D eigenvalue weighted by molar-refractivity contribution is 0.0949. The smallest absolute Gasteiger partial charge is 0.257 e. The molecule has 0 radical (unpaired) electrons. The van der Waals surface area contributed by atoms with Crippen molar-refractivity contribution in [3.05, 3.63) is 75.3 Å². The first-order valence-electron chi connectivity index (χ1n) is 7.99. The molecule has 5 nitrogen and oxygen atoms in total. The Morgan fingerprint density at radius 3 is 2.64 bits per heavy atom. The van der Waals surface area contributed by atoms with E-state index in [-0.39, 0.29) is 17.0 Å². The molecule has 0 saturated heterocycles. The molecule has 0 aliphatic heterocycles. The minimum atomic E-state index is -0.405. The first-order chi connectivity index (χ1) is 12.0. The van der Waals surface area contributed by atoms with Crippen molar-refractivity contribution in [1.82, 2.24) is 14.9 Å². The summed E-state index contributed by atoms with van der Waals surface area (Å²) in [4.78, 5) is 29.3. The van der Waals surface area contributed by atoms with E-state index < -0.39 is 5.91 Å². The summed E-state index contributed by atoms with van der Waals surface area (Å²) in [5.74, 6) is -0.405. The van der Waals surface area contributed by atoms with E-state index in [0.29, 0.717) is 17.0 Å². The standard InChI is InChI=1S/C19H18ClN3O2/c1-12(2)23-11-16(18(24)15-9-14(20)3-4-17(15)23)19(25)22-10-13-5-7-21-8-6-13/h3-9,11-12H,10H2,1-2H3,(H,22,25). The largest absolute Gasteiger partial charge is 0.348 e. The van der Waals surface area contributed by atoms with Gasteiger partial charge in [-0.15, -0.1) is 0 Å². The van der Waals surface area contributed by atoms with Gasteiger partial charge in [0.15, 0.2) is 0 Å². The number of pyridine rings is 2. The van der Waals surface area contributed by atoms with Crippen LogP contribution in [0.25, 0.3) is 10.9 Å². The topological polar surface area (TPSA) is 64.0 Å². The number of fused-ring (bicyclic) bond motifs is 1. The van der Waals surface area contributed by atoms with Gasteiger partial charge in [-0.3, -0.25) is 14.6 Å². The van der Waals surface area contributed by atoms with Gasteiger partial charge >= 0.3 is 0 Å². The third kappa shape index (κ3) is 3.56. The molecule has 1 aromatic carbocycles. The number of nitrogens with one attached hydrogen (secondary N) is 1. The van der Waals surface area contributed by atoms with Gasteiger partial charge < -0.3 is 9.88 Å². The van der Waals surface area contributed by atoms with Crippen LogP contribution in [0.4, 0.5) is 0 Å². The summed E-state index contributed by atoms with van der Waals surface area (Å²) >= 11 is 6.04. The molecule has 0 spiro atoms. The summed E-state index contributed by atoms with van der Waals surface area (Å²) in [5.41, 5.74) is 1.46. The minimum Gasteiger partial charge on any atom is -0.348 e. The van der Waals surface area contributed by atoms with Gasteiger partial charge in [0, 0.05) is 41.6 Å². The van der Waals surface area contributed by atoms with E-state index >= 15 is 0 Å². The van der Waals surface area contributed by atoms with Crippen LogP contribution < -0.4 is 10.7 Å². The van der Waals surface area contributed by atoms with E-state index in [9.17, 15) is 9.59 Å². The maximum Gasteiger partial charge on any atom is 0.257 e. The van der Waals surface area contributed by atoms with Crippen LogP contribution in [0.1, 0.15) is 35.8 Å².